The van der Waals surface area contributed by atoms with Crippen LogP contribution in [0.15, 0.2) is 0 Å². The maximum Gasteiger partial charge on any atom is 3.00 e. The minimum absolute atomic E-state index is 0. The summed E-state index contributed by atoms with van der Waals surface area (Å²) in [5.41, 5.74) is 0. The minimum atomic E-state index is -1.37. The van der Waals surface area contributed by atoms with Crippen molar-refractivity contribution < 1.29 is 59.4 Å². The van der Waals surface area contributed by atoms with Crippen molar-refractivity contribution in [3.63, 3.8) is 0 Å². The normalized spacial score (nSPS) is 7.85. The molecule has 0 aromatic rings. The fraction of sp³-hybridized carbons (Fsp3) is 0.500. The van der Waals surface area contributed by atoms with Crippen LogP contribution >= 0.6 is 0 Å². The van der Waals surface area contributed by atoms with Gasteiger partial charge in [0.15, 0.2) is 0 Å². The van der Waals surface area contributed by atoms with Crippen LogP contribution in [-0.2, 0) is 28.8 Å². The third-order valence-corrected chi connectivity index (χ3v) is 1.60. The summed E-state index contributed by atoms with van der Waals surface area (Å²) in [6.07, 6.45) is -2.82. The summed E-state index contributed by atoms with van der Waals surface area (Å²) in [5.74, 6) is -8.20. The number of carbonyl (C=O) groups is 6. The molecule has 0 radical (unpaired) electrons. The molecule has 0 aliphatic rings. The average Bonchev–Trinajstić information content (AvgIpc) is 2.42. The van der Waals surface area contributed by atoms with Gasteiger partial charge < -0.3 is 59.4 Å². The Bertz CT molecular complexity index is 355. The summed E-state index contributed by atoms with van der Waals surface area (Å²) in [7, 11) is 0. The Kier molecular flexibility index (Phi) is 31.3. The van der Waals surface area contributed by atoms with E-state index in [-0.39, 0.29) is 39.6 Å². The van der Waals surface area contributed by atoms with Gasteiger partial charge in [0.05, 0.1) is 0 Å². The molecular weight excluding hydrogens is 476 g/mol. The van der Waals surface area contributed by atoms with Crippen LogP contribution in [0.5, 0.6) is 0 Å². The van der Waals surface area contributed by atoms with Crippen LogP contribution in [0, 0.1) is 0 Å². The largest absolute Gasteiger partial charge is 3.00 e. The molecule has 0 saturated heterocycles. The van der Waals surface area contributed by atoms with Gasteiger partial charge in [0, 0.05) is 35.8 Å². The van der Waals surface area contributed by atoms with Crippen LogP contribution in [0.3, 0.4) is 0 Å². The van der Waals surface area contributed by atoms with Crippen molar-refractivity contribution in [2.75, 3.05) is 0 Å². The summed E-state index contributed by atoms with van der Waals surface area (Å²) >= 11 is 0. The molecule has 0 saturated carbocycles. The predicted octanol–water partition coefficient (Wildman–Crippen LogP) is -8.96. The molecule has 0 unspecified atom stereocenters. The van der Waals surface area contributed by atoms with Crippen molar-refractivity contribution in [3.8, 4) is 0 Å². The molecule has 0 heterocycles. The molecule has 0 aromatic carbocycles. The summed E-state index contributed by atoms with van der Waals surface area (Å²) in [6.45, 7) is 0. The zero-order valence-electron chi connectivity index (χ0n) is 13.3. The Hall–Kier alpha value is -1.91. The zero-order chi connectivity index (χ0) is 19.7. The first-order valence-corrected chi connectivity index (χ1v) is 6.07. The molecule has 0 bridgehead atoms. The first-order chi connectivity index (χ1) is 10.9. The smallest absolute Gasteiger partial charge is 0.550 e. The summed E-state index contributed by atoms with van der Waals surface area (Å²) in [4.78, 5) is 57.0. The fourth-order valence-corrected chi connectivity index (χ4v) is 0.612. The van der Waals surface area contributed by atoms with E-state index in [4.69, 9.17) is 0 Å². The molecule has 0 atom stereocenters. The fourth-order valence-electron chi connectivity index (χ4n) is 0.612. The van der Waals surface area contributed by atoms with Crippen molar-refractivity contribution >= 4 is 75.4 Å². The predicted molar refractivity (Wildman–Crippen MR) is 69.3 cm³/mol. The topological polar surface area (TPSA) is 241 Å². The molecule has 0 aliphatic heterocycles. The Balaban J connectivity index is -0.0000000817. The van der Waals surface area contributed by atoms with E-state index in [2.05, 4.69) is 0 Å². The van der Waals surface area contributed by atoms with Crippen molar-refractivity contribution in [3.05, 3.63) is 0 Å². The number of carboxylic acid groups (broad SMARTS) is 6. The number of hydrogen-bond donors (Lipinski definition) is 0. The Morgan fingerprint density at radius 2 is 0.423 bits per heavy atom. The summed E-state index contributed by atoms with van der Waals surface area (Å²) in [5, 5.41) is 57.0. The van der Waals surface area contributed by atoms with Crippen molar-refractivity contribution in [2.24, 2.45) is 0 Å². The van der Waals surface area contributed by atoms with Gasteiger partial charge in [-0.15, -0.1) is 0 Å². The van der Waals surface area contributed by atoms with Crippen LogP contribution < -0.4 is 30.6 Å². The second kappa shape index (κ2) is 23.1. The number of rotatable bonds is 9. The molecule has 0 fully saturated rings. The molecule has 12 nitrogen and oxygen atoms in total. The summed E-state index contributed by atoms with van der Waals surface area (Å²) < 4.78 is 0. The van der Waals surface area contributed by atoms with Gasteiger partial charge in [0.25, 0.3) is 0 Å². The van der Waals surface area contributed by atoms with E-state index in [9.17, 15) is 59.4 Å². The molecule has 0 N–H and O–H groups in total. The second-order valence-electron chi connectivity index (χ2n) is 3.73. The van der Waals surface area contributed by atoms with Crippen LogP contribution in [0.2, 0.25) is 0 Å². The Morgan fingerprint density at radius 1 is 0.346 bits per heavy atom. The van der Waals surface area contributed by atoms with E-state index in [0.29, 0.717) is 0 Å². The molecule has 0 aromatic heterocycles. The SMILES string of the molecule is O=C([O-])CCC(=O)[O-].O=C([O-])CCC(=O)[O-].O=C([O-])CCC(=O)[O-].[Ga+3].[Ga+3]. The van der Waals surface area contributed by atoms with E-state index in [1.54, 1.807) is 0 Å². The minimum Gasteiger partial charge on any atom is -0.550 e. The van der Waals surface area contributed by atoms with Crippen molar-refractivity contribution in [1.82, 2.24) is 0 Å². The van der Waals surface area contributed by atoms with E-state index in [1.807, 2.05) is 0 Å². The van der Waals surface area contributed by atoms with E-state index >= 15 is 0 Å². The molecule has 138 valence electrons. The number of carboxylic acids is 6. The molecule has 0 spiro atoms. The third kappa shape index (κ3) is 57.3. The number of carbonyl (C=O) groups excluding carboxylic acids is 6. The van der Waals surface area contributed by atoms with Gasteiger partial charge in [0.2, 0.25) is 0 Å². The van der Waals surface area contributed by atoms with E-state index < -0.39 is 74.3 Å². The zero-order valence-corrected chi connectivity index (χ0v) is 18.1. The van der Waals surface area contributed by atoms with Crippen LogP contribution in [0.25, 0.3) is 0 Å². The molecule has 0 rings (SSSR count). The maximum absolute atomic E-state index is 9.50. The third-order valence-electron chi connectivity index (χ3n) is 1.60. The van der Waals surface area contributed by atoms with Gasteiger partial charge in [0.1, 0.15) is 0 Å². The monoisotopic (exact) mass is 486 g/mol. The standard InChI is InChI=1S/3C4H6O4.2Ga/c3*5-3(6)1-2-4(7)8;;/h3*1-2H2,(H,5,6)(H,7,8);;/q;;;2*+3/p-6. The van der Waals surface area contributed by atoms with E-state index in [0.717, 1.165) is 0 Å². The van der Waals surface area contributed by atoms with E-state index in [1.165, 1.54) is 0 Å². The van der Waals surface area contributed by atoms with Crippen LogP contribution in [-0.4, -0.2) is 75.4 Å². The second-order valence-corrected chi connectivity index (χ2v) is 3.73. The van der Waals surface area contributed by atoms with Crippen molar-refractivity contribution in [2.45, 2.75) is 38.5 Å². The number of hydrogen-bond acceptors (Lipinski definition) is 12. The maximum atomic E-state index is 9.50. The Morgan fingerprint density at radius 3 is 0.462 bits per heavy atom. The molecule has 26 heavy (non-hydrogen) atoms. The molecule has 0 amide bonds. The summed E-state index contributed by atoms with van der Waals surface area (Å²) in [6, 6.07) is 0. The van der Waals surface area contributed by atoms with Crippen molar-refractivity contribution in [1.29, 1.82) is 0 Å². The van der Waals surface area contributed by atoms with Gasteiger partial charge in [-0.2, -0.15) is 0 Å². The van der Waals surface area contributed by atoms with Crippen LogP contribution in [0.1, 0.15) is 38.5 Å². The molecule has 0 aliphatic carbocycles. The average molecular weight is 488 g/mol. The quantitative estimate of drug-likeness (QED) is 0.275. The first-order valence-electron chi connectivity index (χ1n) is 6.07. The van der Waals surface area contributed by atoms with Gasteiger partial charge in [-0.05, 0) is 38.5 Å². The van der Waals surface area contributed by atoms with Gasteiger partial charge in [-0.1, -0.05) is 0 Å². The first kappa shape index (κ1) is 35.2. The Labute approximate surface area is 173 Å². The van der Waals surface area contributed by atoms with Gasteiger partial charge in [-0.3, -0.25) is 0 Å². The van der Waals surface area contributed by atoms with Gasteiger partial charge >= 0.3 is 39.6 Å². The number of aliphatic carboxylic acids is 6. The van der Waals surface area contributed by atoms with Crippen LogP contribution in [0.4, 0.5) is 0 Å². The molecule has 14 heteroatoms. The van der Waals surface area contributed by atoms with Gasteiger partial charge in [-0.25, -0.2) is 0 Å². The molecular formula is C12H12Ga2O12.